The molecule has 8 rings (SSSR count). The smallest absolute Gasteiger partial charge is 0.149 e. The zero-order chi connectivity index (χ0) is 66.3. The van der Waals surface area contributed by atoms with E-state index in [4.69, 9.17) is 35.1 Å². The molecule has 0 aliphatic heterocycles. The molecule has 0 aliphatic carbocycles. The van der Waals surface area contributed by atoms with Crippen LogP contribution >= 0.6 is 0 Å². The number of para-hydroxylation sites is 1. The summed E-state index contributed by atoms with van der Waals surface area (Å²) in [6.45, 7) is -9.45. The van der Waals surface area contributed by atoms with Crippen molar-refractivity contribution in [2.45, 2.75) is 111 Å². The molecule has 320 valence electrons. The maximum atomic E-state index is 12.2. The Hall–Kier alpha value is -6.26. The lowest BCUT2D eigenvalue weighted by atomic mass is 9.83. The highest BCUT2D eigenvalue weighted by molar-refractivity contribution is 5.98. The van der Waals surface area contributed by atoms with Crippen molar-refractivity contribution in [3.63, 3.8) is 0 Å². The minimum Gasteiger partial charge on any atom is -0.507 e. The standard InChI is InChI=1S/C59H63N3O/c1-37-30-45(58(8,9)10)36-49(54(37)63)55-61-53-47(20-17-21-52(53)62(55)51-27-26-44(57(5,6)7)35-48(51)39-18-15-14-16-19-39)41-31-42(33-46(32-41)59(11,12)13)50-34-40(28-29-60-50)38-22-24-43(25-23-38)56(2,3)4/h14-36,63H,1-13H3/i2D3,3D3,4D3,5D3,6D3,7D3,22D,23D,24D,25D,28D,29D,34D. The number of benzene rings is 6. The second-order valence-electron chi connectivity index (χ2n) is 18.0. The Kier molecular flexibility index (Phi) is 5.62. The Morgan fingerprint density at radius 2 is 1.19 bits per heavy atom. The minimum atomic E-state index is -3.98. The van der Waals surface area contributed by atoms with Gasteiger partial charge in [-0.25, -0.2) is 4.98 Å². The molecule has 0 spiro atoms. The number of imidazole rings is 1. The van der Waals surface area contributed by atoms with Crippen LogP contribution < -0.4 is 0 Å². The van der Waals surface area contributed by atoms with Crippen LogP contribution in [-0.2, 0) is 21.7 Å². The molecule has 63 heavy (non-hydrogen) atoms. The summed E-state index contributed by atoms with van der Waals surface area (Å²) in [6.07, 6.45) is -0.821. The number of fused-ring (bicyclic) bond motifs is 1. The summed E-state index contributed by atoms with van der Waals surface area (Å²) < 4.78 is 218. The molecular weight excluding hydrogens is 767 g/mol. The van der Waals surface area contributed by atoms with E-state index in [0.29, 0.717) is 33.3 Å². The molecule has 0 saturated carbocycles. The van der Waals surface area contributed by atoms with Crippen molar-refractivity contribution in [1.29, 1.82) is 0 Å². The topological polar surface area (TPSA) is 50.9 Å². The zero-order valence-corrected chi connectivity index (χ0v) is 36.0. The Morgan fingerprint density at radius 3 is 1.87 bits per heavy atom. The molecule has 2 heterocycles. The van der Waals surface area contributed by atoms with Gasteiger partial charge in [0.05, 0.1) is 37.6 Å². The van der Waals surface area contributed by atoms with Gasteiger partial charge in [-0.3, -0.25) is 9.55 Å². The SMILES string of the molecule is [2H]c1nc(-c2cc(-c3cccc4c3nc(-c3cc(C(C)(C)C)cc(C)c3O)n4-c3ccc(C(C([2H])([2H])[2H])(C([2H])([2H])[2H])C([2H])([2H])[2H])cc3-c3ccccc3)cc(C(C)(C)C)c2)c([2H])c(-c2c([2H])c([2H])c(C(C([2H])([2H])[2H])(C([2H])([2H])[2H])C([2H])([2H])[2H])c([2H])c2[2H])c1[2H]. The van der Waals surface area contributed by atoms with Crippen molar-refractivity contribution in [3.8, 4) is 67.5 Å². The largest absolute Gasteiger partial charge is 0.507 e. The molecular formula is C59H63N3O. The molecule has 0 bridgehead atoms. The van der Waals surface area contributed by atoms with Gasteiger partial charge >= 0.3 is 0 Å². The van der Waals surface area contributed by atoms with E-state index in [-0.39, 0.29) is 45.2 Å². The third-order valence-electron chi connectivity index (χ3n) is 11.1. The number of rotatable bonds is 6. The van der Waals surface area contributed by atoms with E-state index < -0.39 is 127 Å². The average Bonchev–Trinajstić information content (AvgIpc) is 0.797. The first-order valence-corrected chi connectivity index (χ1v) is 20.3. The van der Waals surface area contributed by atoms with Crippen LogP contribution in [0.2, 0.25) is 0 Å². The van der Waals surface area contributed by atoms with E-state index in [9.17, 15) is 9.22 Å². The lowest BCUT2D eigenvalue weighted by Crippen LogP contribution is -2.13. The summed E-state index contributed by atoms with van der Waals surface area (Å²) in [6, 6.07) is 19.4. The fraction of sp³-hybridized carbons (Fsp3) is 0.288. The quantitative estimate of drug-likeness (QED) is 0.181. The van der Waals surface area contributed by atoms with Crippen molar-refractivity contribution in [3.05, 3.63) is 167 Å². The van der Waals surface area contributed by atoms with Gasteiger partial charge in [0, 0.05) is 47.5 Å². The summed E-state index contributed by atoms with van der Waals surface area (Å²) in [4.78, 5) is 9.68. The number of aromatic hydroxyl groups is 1. The predicted molar refractivity (Wildman–Crippen MR) is 267 cm³/mol. The minimum absolute atomic E-state index is 0.117. The van der Waals surface area contributed by atoms with Gasteiger partial charge in [-0.15, -0.1) is 0 Å². The molecule has 0 atom stereocenters. The Labute approximate surface area is 410 Å². The number of hydrogen-bond acceptors (Lipinski definition) is 3. The van der Waals surface area contributed by atoms with Gasteiger partial charge in [-0.05, 0) is 127 Å². The van der Waals surface area contributed by atoms with Crippen molar-refractivity contribution >= 4 is 11.0 Å². The highest BCUT2D eigenvalue weighted by Crippen LogP contribution is 2.44. The number of phenolic OH excluding ortho intramolecular Hbond substituents is 1. The second kappa shape index (κ2) is 15.8. The molecule has 0 radical (unpaired) electrons. The molecule has 0 saturated heterocycles. The maximum absolute atomic E-state index is 12.2. The van der Waals surface area contributed by atoms with E-state index in [2.05, 4.69) is 4.98 Å². The Bertz CT molecular complexity index is 3980. The third-order valence-corrected chi connectivity index (χ3v) is 11.1. The van der Waals surface area contributed by atoms with E-state index in [1.165, 1.54) is 18.2 Å². The van der Waals surface area contributed by atoms with E-state index in [1.807, 2.05) is 53.7 Å². The summed E-state index contributed by atoms with van der Waals surface area (Å²) in [5.74, 6) is -0.0342. The molecule has 4 nitrogen and oxygen atoms in total. The van der Waals surface area contributed by atoms with Crippen LogP contribution in [0.15, 0.2) is 139 Å². The zero-order valence-electron chi connectivity index (χ0n) is 61.0. The van der Waals surface area contributed by atoms with Gasteiger partial charge in [0.15, 0.2) is 0 Å². The first kappa shape index (κ1) is 22.4. The fourth-order valence-electron chi connectivity index (χ4n) is 7.51. The number of aromatic nitrogens is 3. The van der Waals surface area contributed by atoms with Gasteiger partial charge in [-0.2, -0.15) is 0 Å². The van der Waals surface area contributed by atoms with Crippen LogP contribution in [0, 0.1) is 6.92 Å². The molecule has 0 amide bonds. The first-order valence-electron chi connectivity index (χ1n) is 32.8. The van der Waals surface area contributed by atoms with Crippen molar-refractivity contribution < 1.29 is 39.4 Å². The summed E-state index contributed by atoms with van der Waals surface area (Å²) in [5, 5.41) is 12.2. The predicted octanol–water partition coefficient (Wildman–Crippen LogP) is 16.0. The molecule has 0 aliphatic rings. The summed E-state index contributed by atoms with van der Waals surface area (Å²) in [5.41, 5.74) is -7.91. The van der Waals surface area contributed by atoms with E-state index in [1.54, 1.807) is 78.2 Å². The molecule has 6 aromatic carbocycles. The van der Waals surface area contributed by atoms with Gasteiger partial charge in [0.25, 0.3) is 0 Å². The van der Waals surface area contributed by atoms with Crippen molar-refractivity contribution in [1.82, 2.24) is 14.5 Å². The van der Waals surface area contributed by atoms with Crippen LogP contribution in [0.4, 0.5) is 0 Å². The van der Waals surface area contributed by atoms with Gasteiger partial charge in [0.2, 0.25) is 0 Å². The highest BCUT2D eigenvalue weighted by Gasteiger charge is 2.27. The summed E-state index contributed by atoms with van der Waals surface area (Å²) >= 11 is 0. The maximum Gasteiger partial charge on any atom is 0.149 e. The van der Waals surface area contributed by atoms with Crippen LogP contribution in [0.3, 0.4) is 0 Å². The first-order chi connectivity index (χ1) is 40.0. The third kappa shape index (κ3) is 8.61. The fourth-order valence-corrected chi connectivity index (χ4v) is 7.51. The summed E-state index contributed by atoms with van der Waals surface area (Å²) in [7, 11) is 0. The van der Waals surface area contributed by atoms with Gasteiger partial charge in [0.1, 0.15) is 11.6 Å². The monoisotopic (exact) mass is 855 g/mol. The average molecular weight is 855 g/mol. The van der Waals surface area contributed by atoms with Crippen LogP contribution in [0.1, 0.15) is 145 Å². The van der Waals surface area contributed by atoms with Crippen LogP contribution in [0.25, 0.3) is 72.7 Å². The molecule has 4 heteroatoms. The highest BCUT2D eigenvalue weighted by atomic mass is 16.3. The Morgan fingerprint density at radius 1 is 0.540 bits per heavy atom. The number of hydrogen-bond donors (Lipinski definition) is 1. The van der Waals surface area contributed by atoms with E-state index >= 15 is 0 Å². The molecule has 8 aromatic rings. The van der Waals surface area contributed by atoms with Crippen LogP contribution in [-0.4, -0.2) is 19.6 Å². The number of nitrogens with zero attached hydrogens (tertiary/aromatic N) is 3. The molecule has 0 fully saturated rings. The lowest BCUT2D eigenvalue weighted by molar-refractivity contribution is 0.471. The number of pyridine rings is 1. The van der Waals surface area contributed by atoms with Crippen molar-refractivity contribution in [2.75, 3.05) is 0 Å². The molecule has 2 aromatic heterocycles. The molecule has 0 unspecified atom stereocenters. The van der Waals surface area contributed by atoms with Crippen molar-refractivity contribution in [2.24, 2.45) is 0 Å². The van der Waals surface area contributed by atoms with Gasteiger partial charge in [-0.1, -0.05) is 167 Å². The Balaban J connectivity index is 1.49. The second-order valence-corrected chi connectivity index (χ2v) is 18.0. The number of aryl methyl sites for hydroxylation is 1. The molecule has 1 N–H and O–H groups in total. The van der Waals surface area contributed by atoms with E-state index in [0.717, 1.165) is 5.56 Å². The number of phenols is 1. The van der Waals surface area contributed by atoms with Crippen LogP contribution in [0.5, 0.6) is 5.75 Å². The lowest BCUT2D eigenvalue weighted by Gasteiger charge is -2.24. The normalized spacial score (nSPS) is 19.6. The van der Waals surface area contributed by atoms with Gasteiger partial charge < -0.3 is 5.11 Å².